The number of nitrogens with two attached hydrogens (primary N) is 1. The van der Waals surface area contributed by atoms with E-state index in [9.17, 15) is 9.90 Å². The summed E-state index contributed by atoms with van der Waals surface area (Å²) in [6, 6.07) is 0. The fourth-order valence-electron chi connectivity index (χ4n) is 11.3. The monoisotopic (exact) mass is 729 g/mol. The van der Waals surface area contributed by atoms with E-state index in [1.165, 1.54) is 0 Å². The summed E-state index contributed by atoms with van der Waals surface area (Å²) in [6.45, 7) is 11.3. The van der Waals surface area contributed by atoms with Gasteiger partial charge in [0.2, 0.25) is 0 Å². The highest BCUT2D eigenvalue weighted by Gasteiger charge is 2.68. The molecule has 3 unspecified atom stereocenters. The van der Waals surface area contributed by atoms with Gasteiger partial charge in [-0.1, -0.05) is 20.1 Å². The second-order valence-electron chi connectivity index (χ2n) is 17.4. The molecule has 19 atom stereocenters. The number of hydrogen-bond acceptors (Lipinski definition) is 12. The van der Waals surface area contributed by atoms with E-state index in [-0.39, 0.29) is 122 Å². The van der Waals surface area contributed by atoms with Gasteiger partial charge < -0.3 is 53.5 Å². The van der Waals surface area contributed by atoms with Gasteiger partial charge in [0.15, 0.2) is 5.79 Å². The zero-order valence-corrected chi connectivity index (χ0v) is 30.8. The number of aliphatic hydroxyl groups is 1. The van der Waals surface area contributed by atoms with Crippen molar-refractivity contribution in [3.63, 3.8) is 0 Å². The van der Waals surface area contributed by atoms with Crippen molar-refractivity contribution < 1.29 is 52.5 Å². The topological polar surface area (TPSA) is 146 Å². The van der Waals surface area contributed by atoms with E-state index >= 15 is 0 Å². The molecule has 0 aliphatic carbocycles. The molecule has 1 spiro atoms. The molecule has 10 saturated heterocycles. The number of hydrogen-bond donors (Lipinski definition) is 2. The average Bonchev–Trinajstić information content (AvgIpc) is 3.79. The first-order valence-electron chi connectivity index (χ1n) is 20.2. The Kier molecular flexibility index (Phi) is 10.0. The number of ketones is 1. The molecule has 0 aromatic rings. The van der Waals surface area contributed by atoms with E-state index in [1.54, 1.807) is 7.11 Å². The summed E-state index contributed by atoms with van der Waals surface area (Å²) in [4.78, 5) is 14.1. The second kappa shape index (κ2) is 14.3. The quantitative estimate of drug-likeness (QED) is 0.409. The lowest BCUT2D eigenvalue weighted by molar-refractivity contribution is -0.292. The first-order chi connectivity index (χ1) is 25.1. The van der Waals surface area contributed by atoms with Gasteiger partial charge in [0.25, 0.3) is 0 Å². The molecule has 10 heterocycles. The van der Waals surface area contributed by atoms with E-state index in [1.807, 2.05) is 0 Å². The zero-order chi connectivity index (χ0) is 35.9. The Morgan fingerprint density at radius 3 is 2.38 bits per heavy atom. The third-order valence-electron chi connectivity index (χ3n) is 14.0. The molecule has 0 radical (unpaired) electrons. The van der Waals surface area contributed by atoms with E-state index < -0.39 is 18.0 Å². The highest BCUT2D eigenvalue weighted by molar-refractivity contribution is 5.79. The molecule has 0 amide bonds. The average molecular weight is 730 g/mol. The molecule has 12 bridgehead atoms. The summed E-state index contributed by atoms with van der Waals surface area (Å²) in [5.41, 5.74) is 8.01. The number of aliphatic hydroxyl groups excluding tert-OH is 1. The number of methoxy groups -OCH3 is 1. The third-order valence-corrected chi connectivity index (χ3v) is 14.0. The minimum Gasteiger partial charge on any atom is -0.392 e. The molecular weight excluding hydrogens is 670 g/mol. The summed E-state index contributed by atoms with van der Waals surface area (Å²) >= 11 is 0. The highest BCUT2D eigenvalue weighted by atomic mass is 16.8. The Morgan fingerprint density at radius 2 is 1.56 bits per heavy atom. The lowest BCUT2D eigenvalue weighted by atomic mass is 9.81. The summed E-state index contributed by atoms with van der Waals surface area (Å²) in [5, 5.41) is 10.5. The van der Waals surface area contributed by atoms with Crippen molar-refractivity contribution >= 4 is 5.78 Å². The normalized spacial score (nSPS) is 52.4. The number of Topliss-reactive ketones (excluding diaryl/α,β-unsaturated/α-hetero) is 1. The molecule has 10 rings (SSSR count). The van der Waals surface area contributed by atoms with Crippen molar-refractivity contribution in [2.75, 3.05) is 13.7 Å². The minimum absolute atomic E-state index is 0.0158. The summed E-state index contributed by atoms with van der Waals surface area (Å²) < 4.78 is 60.0. The molecule has 0 aromatic carbocycles. The van der Waals surface area contributed by atoms with E-state index in [4.69, 9.17) is 48.4 Å². The molecule has 10 fully saturated rings. The maximum atomic E-state index is 14.1. The number of carbonyl (C=O) groups excluding carboxylic acids is 1. The molecule has 10 aliphatic heterocycles. The van der Waals surface area contributed by atoms with Crippen LogP contribution in [0.4, 0.5) is 0 Å². The largest absolute Gasteiger partial charge is 0.392 e. The smallest absolute Gasteiger partial charge is 0.172 e. The minimum atomic E-state index is -0.780. The molecule has 0 aromatic heterocycles. The maximum Gasteiger partial charge on any atom is 0.172 e. The van der Waals surface area contributed by atoms with Crippen LogP contribution < -0.4 is 5.73 Å². The van der Waals surface area contributed by atoms with Crippen molar-refractivity contribution in [1.29, 1.82) is 0 Å². The predicted octanol–water partition coefficient (Wildman–Crippen LogP) is 3.44. The fraction of sp³-hybridized carbons (Fsp3) is 0.875. The van der Waals surface area contributed by atoms with Crippen molar-refractivity contribution in [1.82, 2.24) is 0 Å². The summed E-state index contributed by atoms with van der Waals surface area (Å²) in [7, 11) is 1.66. The van der Waals surface area contributed by atoms with Gasteiger partial charge in [0.1, 0.15) is 36.3 Å². The lowest BCUT2D eigenvalue weighted by Crippen LogP contribution is -2.61. The van der Waals surface area contributed by atoms with Crippen LogP contribution in [0.1, 0.15) is 90.4 Å². The lowest BCUT2D eigenvalue weighted by Gasteiger charge is -2.47. The van der Waals surface area contributed by atoms with E-state index in [0.29, 0.717) is 25.7 Å². The van der Waals surface area contributed by atoms with Crippen LogP contribution in [0.15, 0.2) is 24.3 Å². The van der Waals surface area contributed by atoms with Gasteiger partial charge >= 0.3 is 0 Å². The van der Waals surface area contributed by atoms with Gasteiger partial charge in [-0.25, -0.2) is 0 Å². The number of rotatable bonds is 4. The molecule has 12 nitrogen and oxygen atoms in total. The van der Waals surface area contributed by atoms with Crippen LogP contribution in [0.5, 0.6) is 0 Å². The van der Waals surface area contributed by atoms with Crippen LogP contribution in [0, 0.1) is 11.8 Å². The maximum absolute atomic E-state index is 14.1. The molecule has 52 heavy (non-hydrogen) atoms. The van der Waals surface area contributed by atoms with Crippen molar-refractivity contribution in [3.8, 4) is 0 Å². The van der Waals surface area contributed by atoms with Crippen molar-refractivity contribution in [3.05, 3.63) is 24.3 Å². The molecule has 10 aliphatic rings. The van der Waals surface area contributed by atoms with E-state index in [2.05, 4.69) is 20.1 Å². The Hall–Kier alpha value is -1.29. The predicted molar refractivity (Wildman–Crippen MR) is 186 cm³/mol. The summed E-state index contributed by atoms with van der Waals surface area (Å²) in [5.74, 6) is -0.619. The third kappa shape index (κ3) is 6.59. The van der Waals surface area contributed by atoms with E-state index in [0.717, 1.165) is 56.1 Å². The van der Waals surface area contributed by atoms with Gasteiger partial charge in [0.05, 0.1) is 67.1 Å². The molecular formula is C40H59NO11. The van der Waals surface area contributed by atoms with Gasteiger partial charge in [-0.15, -0.1) is 0 Å². The van der Waals surface area contributed by atoms with Gasteiger partial charge in [-0.2, -0.15) is 0 Å². The van der Waals surface area contributed by atoms with Crippen LogP contribution in [0.3, 0.4) is 0 Å². The molecule has 3 N–H and O–H groups in total. The van der Waals surface area contributed by atoms with Crippen molar-refractivity contribution in [2.24, 2.45) is 17.6 Å². The Labute approximate surface area is 307 Å². The first kappa shape index (κ1) is 36.4. The van der Waals surface area contributed by atoms with Crippen LogP contribution >= 0.6 is 0 Å². The van der Waals surface area contributed by atoms with Gasteiger partial charge in [0, 0.05) is 58.1 Å². The second-order valence-corrected chi connectivity index (χ2v) is 17.4. The van der Waals surface area contributed by atoms with Gasteiger partial charge in [-0.05, 0) is 62.0 Å². The zero-order valence-electron chi connectivity index (χ0n) is 30.8. The Balaban J connectivity index is 0.994. The number of fused-ring (bicyclic) bond motifs is 6. The van der Waals surface area contributed by atoms with Crippen LogP contribution in [-0.2, 0) is 47.4 Å². The number of ether oxygens (including phenoxy) is 9. The van der Waals surface area contributed by atoms with Crippen LogP contribution in [0.2, 0.25) is 0 Å². The van der Waals surface area contributed by atoms with Crippen LogP contribution in [0.25, 0.3) is 0 Å². The number of carbonyl (C=O) groups is 1. The molecule has 290 valence electrons. The highest BCUT2D eigenvalue weighted by Crippen LogP contribution is 2.54. The SMILES string of the molecule is C=C1C[C@@H]2CCC34CC5O[C@H]6[C@@H](O3)[C@H]3O[C@H](CCC3O[C@H]6[C@H]5O4)CC(=O)C[C@@H]3[C@@H](OC)[C@@H](C[C@H](O)CN)O[C@H]3C[C@H]3O[C@@H](CC[C@@H]1O2)C[C@@H](C)C3=C. The molecule has 12 heteroatoms. The standard InChI is InChI=1S/C40H59NO11/c1-19-11-24-5-7-28-20(2)12-26(45-28)9-10-40-17-33-36(51-40)37-38(50-33)39(52-40)35-29(49-37)8-6-25(47-35)13-22(42)14-27-31(16-30(46-24)21(19)3)48-32(34(27)44-4)15-23(43)18-41/h19,23-39,43H,2-3,5-18,41H2,1,4H3/t19-,23+,24+,25-,26+,27+,28+,29?,30-,31+,32-,33?,34-,35+,36+,37+,38-,39+,40?/m1/s1. The Bertz CT molecular complexity index is 1380. The Morgan fingerprint density at radius 1 is 0.808 bits per heavy atom. The molecule has 0 saturated carbocycles. The fourth-order valence-corrected chi connectivity index (χ4v) is 11.3. The van der Waals surface area contributed by atoms with Crippen molar-refractivity contribution in [2.45, 2.75) is 194 Å². The van der Waals surface area contributed by atoms with Gasteiger partial charge in [-0.3, -0.25) is 4.79 Å². The van der Waals surface area contributed by atoms with Crippen LogP contribution in [-0.4, -0.2) is 128 Å². The summed E-state index contributed by atoms with van der Waals surface area (Å²) in [6.07, 6.45) is 4.85. The first-order valence-corrected chi connectivity index (χ1v) is 20.2.